The first-order valence-electron chi connectivity index (χ1n) is 11.3. The van der Waals surface area contributed by atoms with Gasteiger partial charge in [0.25, 0.3) is 5.91 Å². The molecule has 2 aliphatic heterocycles. The highest BCUT2D eigenvalue weighted by molar-refractivity contribution is 6.06. The van der Waals surface area contributed by atoms with Gasteiger partial charge >= 0.3 is 0 Å². The number of allylic oxidation sites excluding steroid dienone is 1. The number of amidine groups is 1. The van der Waals surface area contributed by atoms with Gasteiger partial charge in [-0.1, -0.05) is 12.1 Å². The van der Waals surface area contributed by atoms with E-state index in [0.29, 0.717) is 24.7 Å². The van der Waals surface area contributed by atoms with E-state index in [2.05, 4.69) is 16.7 Å². The minimum absolute atomic E-state index is 0.0236. The van der Waals surface area contributed by atoms with E-state index in [1.54, 1.807) is 29.3 Å². The molecule has 2 aromatic carbocycles. The number of carbonyl (C=O) groups is 1. The Labute approximate surface area is 207 Å². The molecule has 0 radical (unpaired) electrons. The van der Waals surface area contributed by atoms with Crippen LogP contribution in [0.2, 0.25) is 0 Å². The van der Waals surface area contributed by atoms with Crippen molar-refractivity contribution in [3.63, 3.8) is 0 Å². The summed E-state index contributed by atoms with van der Waals surface area (Å²) < 4.78 is 46.7. The number of amides is 1. The highest BCUT2D eigenvalue weighted by Gasteiger charge is 2.40. The minimum atomic E-state index is -1.57. The zero-order valence-electron chi connectivity index (χ0n) is 20.2. The number of benzene rings is 2. The summed E-state index contributed by atoms with van der Waals surface area (Å²) in [5, 5.41) is 3.51. The Morgan fingerprint density at radius 2 is 1.92 bits per heavy atom. The number of methoxy groups -OCH3 is 1. The summed E-state index contributed by atoms with van der Waals surface area (Å²) in [7, 11) is 3.46. The zero-order valence-corrected chi connectivity index (χ0v) is 20.2. The summed E-state index contributed by atoms with van der Waals surface area (Å²) >= 11 is 0. The Morgan fingerprint density at radius 1 is 1.19 bits per heavy atom. The molecule has 2 aromatic rings. The molecule has 0 saturated carbocycles. The van der Waals surface area contributed by atoms with E-state index in [1.807, 2.05) is 43.3 Å². The number of hydrazine groups is 1. The summed E-state index contributed by atoms with van der Waals surface area (Å²) in [6.07, 6.45) is 6.07. The molecule has 0 bridgehead atoms. The molecule has 2 aliphatic rings. The lowest BCUT2D eigenvalue weighted by Gasteiger charge is -2.38. The summed E-state index contributed by atoms with van der Waals surface area (Å²) in [5.74, 6) is -3.78. The largest absolute Gasteiger partial charge is 0.495 e. The number of rotatable bonds is 7. The third-order valence-corrected chi connectivity index (χ3v) is 6.05. The van der Waals surface area contributed by atoms with Crippen LogP contribution in [0.4, 0.5) is 18.9 Å². The van der Waals surface area contributed by atoms with Crippen LogP contribution < -0.4 is 9.64 Å². The Balaban J connectivity index is 1.61. The molecule has 1 atom stereocenters. The van der Waals surface area contributed by atoms with Crippen molar-refractivity contribution in [3.8, 4) is 5.75 Å². The van der Waals surface area contributed by atoms with Gasteiger partial charge in [0.15, 0.2) is 17.5 Å². The van der Waals surface area contributed by atoms with Crippen molar-refractivity contribution in [2.45, 2.75) is 19.4 Å². The first kappa shape index (κ1) is 25.2. The van der Waals surface area contributed by atoms with Crippen molar-refractivity contribution in [1.29, 1.82) is 0 Å². The molecule has 1 fully saturated rings. The van der Waals surface area contributed by atoms with E-state index in [1.165, 1.54) is 0 Å². The predicted molar refractivity (Wildman–Crippen MR) is 133 cm³/mol. The molecule has 2 heterocycles. The number of aliphatic imine (C=N–C) groups is 2. The van der Waals surface area contributed by atoms with Crippen LogP contribution in [0.5, 0.6) is 5.75 Å². The standard InChI is InChI=1S/C26H26F3N5O2/c1-16(30-2)15-32(3)21-8-6-17(12-22(21)36-4)7-9-23-31-26(35)25(34-11-5-10-33(23)34)18-13-19(27)24(29)20(28)14-18/h6-9,12-15,25H,2,5,10-11H2,1,3-4H3/b9-7+,16-15-. The Bertz CT molecular complexity index is 1270. The van der Waals surface area contributed by atoms with Crippen molar-refractivity contribution in [2.24, 2.45) is 9.98 Å². The van der Waals surface area contributed by atoms with Crippen LogP contribution >= 0.6 is 0 Å². The van der Waals surface area contributed by atoms with Crippen molar-refractivity contribution >= 4 is 30.2 Å². The summed E-state index contributed by atoms with van der Waals surface area (Å²) in [6.45, 7) is 6.43. The zero-order chi connectivity index (χ0) is 26.0. The molecule has 10 heteroatoms. The smallest absolute Gasteiger partial charge is 0.271 e. The minimum Gasteiger partial charge on any atom is -0.495 e. The van der Waals surface area contributed by atoms with Crippen molar-refractivity contribution in [2.75, 3.05) is 32.1 Å². The van der Waals surface area contributed by atoms with Gasteiger partial charge in [-0.25, -0.2) is 18.2 Å². The highest BCUT2D eigenvalue weighted by atomic mass is 19.2. The van der Waals surface area contributed by atoms with Crippen molar-refractivity contribution in [3.05, 3.63) is 76.9 Å². The van der Waals surface area contributed by atoms with Gasteiger partial charge in [0.1, 0.15) is 17.6 Å². The van der Waals surface area contributed by atoms with Gasteiger partial charge in [-0.2, -0.15) is 4.99 Å². The van der Waals surface area contributed by atoms with E-state index in [0.717, 1.165) is 35.5 Å². The lowest BCUT2D eigenvalue weighted by molar-refractivity contribution is -0.129. The number of halogens is 3. The van der Waals surface area contributed by atoms with Crippen LogP contribution in [0.3, 0.4) is 0 Å². The van der Waals surface area contributed by atoms with E-state index >= 15 is 0 Å². The predicted octanol–water partition coefficient (Wildman–Crippen LogP) is 4.73. The van der Waals surface area contributed by atoms with Gasteiger partial charge < -0.3 is 9.64 Å². The van der Waals surface area contributed by atoms with Crippen LogP contribution in [-0.2, 0) is 4.79 Å². The second kappa shape index (κ2) is 10.4. The molecule has 36 heavy (non-hydrogen) atoms. The number of ether oxygens (including phenoxy) is 1. The SMILES string of the molecule is C=N/C(C)=C\N(C)c1ccc(/C=C/C2=NC(=O)C(c3cc(F)c(F)c(F)c3)N3CCCN23)cc1OC. The van der Waals surface area contributed by atoms with Crippen molar-refractivity contribution < 1.29 is 22.7 Å². The average Bonchev–Trinajstić information content (AvgIpc) is 3.34. The number of carbonyl (C=O) groups excluding carboxylic acids is 1. The van der Waals surface area contributed by atoms with Gasteiger partial charge in [0, 0.05) is 26.3 Å². The van der Waals surface area contributed by atoms with Gasteiger partial charge in [-0.05, 0) is 61.5 Å². The molecular formula is C26H26F3N5O2. The fourth-order valence-electron chi connectivity index (χ4n) is 4.33. The second-order valence-corrected chi connectivity index (χ2v) is 8.45. The van der Waals surface area contributed by atoms with E-state index in [9.17, 15) is 18.0 Å². The summed E-state index contributed by atoms with van der Waals surface area (Å²) in [5.41, 5.74) is 2.42. The monoisotopic (exact) mass is 497 g/mol. The van der Waals surface area contributed by atoms with Crippen molar-refractivity contribution in [1.82, 2.24) is 10.0 Å². The molecule has 188 valence electrons. The quantitative estimate of drug-likeness (QED) is 0.409. The highest BCUT2D eigenvalue weighted by Crippen LogP contribution is 2.34. The van der Waals surface area contributed by atoms with Gasteiger partial charge in [0.2, 0.25) is 0 Å². The first-order chi connectivity index (χ1) is 17.2. The number of anilines is 1. The lowest BCUT2D eigenvalue weighted by Crippen LogP contribution is -2.49. The van der Waals surface area contributed by atoms with E-state index < -0.39 is 29.4 Å². The molecule has 7 nitrogen and oxygen atoms in total. The maximum Gasteiger partial charge on any atom is 0.271 e. The van der Waals surface area contributed by atoms with Crippen LogP contribution in [0.25, 0.3) is 6.08 Å². The molecule has 0 aromatic heterocycles. The molecule has 0 spiro atoms. The molecule has 1 unspecified atom stereocenters. The fraction of sp³-hybridized carbons (Fsp3) is 0.269. The summed E-state index contributed by atoms with van der Waals surface area (Å²) in [4.78, 5) is 22.9. The third-order valence-electron chi connectivity index (χ3n) is 6.05. The van der Waals surface area contributed by atoms with E-state index in [4.69, 9.17) is 4.74 Å². The molecule has 4 rings (SSSR count). The molecule has 0 N–H and O–H groups in total. The third kappa shape index (κ3) is 4.90. The number of hydrogen-bond acceptors (Lipinski definition) is 6. The van der Waals surface area contributed by atoms with Gasteiger partial charge in [-0.3, -0.25) is 14.8 Å². The van der Waals surface area contributed by atoms with Gasteiger partial charge in [0.05, 0.1) is 18.5 Å². The molecule has 1 amide bonds. The molecule has 0 aliphatic carbocycles. The maximum atomic E-state index is 13.8. The van der Waals surface area contributed by atoms with Crippen LogP contribution in [0.1, 0.15) is 30.5 Å². The fourth-order valence-corrected chi connectivity index (χ4v) is 4.33. The number of nitrogens with zero attached hydrogens (tertiary/aromatic N) is 5. The molecular weight excluding hydrogens is 471 g/mol. The Hall–Kier alpha value is -3.92. The number of hydrogen-bond donors (Lipinski definition) is 0. The second-order valence-electron chi connectivity index (χ2n) is 8.45. The Kier molecular flexibility index (Phi) is 7.25. The molecule has 1 saturated heterocycles. The summed E-state index contributed by atoms with van der Waals surface area (Å²) in [6, 6.07) is 6.32. The number of fused-ring (bicyclic) bond motifs is 1. The van der Waals surface area contributed by atoms with Crippen LogP contribution in [-0.4, -0.2) is 55.7 Å². The van der Waals surface area contributed by atoms with Crippen LogP contribution in [0.15, 0.2) is 58.3 Å². The topological polar surface area (TPSA) is 60.7 Å². The first-order valence-corrected chi connectivity index (χ1v) is 11.3. The average molecular weight is 498 g/mol. The Morgan fingerprint density at radius 3 is 2.58 bits per heavy atom. The van der Waals surface area contributed by atoms with E-state index in [-0.39, 0.29) is 5.56 Å². The van der Waals surface area contributed by atoms with Crippen LogP contribution in [0, 0.1) is 17.5 Å². The maximum absolute atomic E-state index is 13.8. The van der Waals surface area contributed by atoms with Gasteiger partial charge in [-0.15, -0.1) is 0 Å². The normalized spacial score (nSPS) is 18.4. The lowest BCUT2D eigenvalue weighted by atomic mass is 10.0.